The summed E-state index contributed by atoms with van der Waals surface area (Å²) in [5, 5.41) is 13.7. The number of nitrogens with one attached hydrogen (secondary N) is 2. The molecule has 7 nitrogen and oxygen atoms in total. The third-order valence-electron chi connectivity index (χ3n) is 3.30. The minimum Gasteiger partial charge on any atom is -0.481 e. The van der Waals surface area contributed by atoms with E-state index in [0.29, 0.717) is 0 Å². The molecule has 0 spiro atoms. The second kappa shape index (κ2) is 6.61. The third kappa shape index (κ3) is 5.10. The molecule has 136 valence electrons. The molecule has 0 aliphatic heterocycles. The van der Waals surface area contributed by atoms with Crippen LogP contribution >= 0.6 is 0 Å². The van der Waals surface area contributed by atoms with Crippen molar-refractivity contribution in [1.82, 2.24) is 10.3 Å². The number of urea groups is 1. The molecule has 0 unspecified atom stereocenters. The first-order valence-corrected chi connectivity index (χ1v) is 7.25. The van der Waals surface area contributed by atoms with Gasteiger partial charge in [0.15, 0.2) is 5.58 Å². The number of carbonyl (C=O) groups excluding carboxylic acids is 1. The van der Waals surface area contributed by atoms with Crippen molar-refractivity contribution in [2.24, 2.45) is 0 Å². The van der Waals surface area contributed by atoms with E-state index in [-0.39, 0.29) is 29.6 Å². The number of rotatable bonds is 5. The molecule has 10 heteroatoms. The minimum absolute atomic E-state index is 0.0461. The smallest absolute Gasteiger partial charge is 0.468 e. The van der Waals surface area contributed by atoms with Gasteiger partial charge in [-0.1, -0.05) is 0 Å². The van der Waals surface area contributed by atoms with Crippen LogP contribution in [0.1, 0.15) is 32.6 Å². The van der Waals surface area contributed by atoms with Crippen molar-refractivity contribution in [1.29, 1.82) is 0 Å². The number of aromatic nitrogens is 1. The number of hydrogen-bond acceptors (Lipinski definition) is 4. The largest absolute Gasteiger partial charge is 0.481 e. The summed E-state index contributed by atoms with van der Waals surface area (Å²) in [6, 6.07) is 3.27. The number of amides is 2. The van der Waals surface area contributed by atoms with E-state index in [2.05, 4.69) is 20.0 Å². The number of aliphatic carboxylic acids is 1. The maximum absolute atomic E-state index is 12.6. The average molecular weight is 359 g/mol. The van der Waals surface area contributed by atoms with Gasteiger partial charge in [0.1, 0.15) is 5.52 Å². The van der Waals surface area contributed by atoms with Crippen LogP contribution in [0.2, 0.25) is 0 Å². The number of anilines is 1. The van der Waals surface area contributed by atoms with Crippen molar-refractivity contribution in [3.8, 4) is 0 Å². The molecule has 2 amide bonds. The molecule has 0 aliphatic rings. The number of halogens is 3. The van der Waals surface area contributed by atoms with Gasteiger partial charge in [0, 0.05) is 17.6 Å². The number of carboxylic acids is 1. The first kappa shape index (κ1) is 18.6. The number of benzene rings is 1. The Kier molecular flexibility index (Phi) is 4.91. The van der Waals surface area contributed by atoms with E-state index < -0.39 is 29.6 Å². The Morgan fingerprint density at radius 2 is 1.96 bits per heavy atom. The lowest BCUT2D eigenvalue weighted by atomic mass is 9.99. The predicted octanol–water partition coefficient (Wildman–Crippen LogP) is 3.61. The van der Waals surface area contributed by atoms with Crippen molar-refractivity contribution < 1.29 is 32.3 Å². The van der Waals surface area contributed by atoms with E-state index in [1.165, 1.54) is 18.2 Å². The van der Waals surface area contributed by atoms with E-state index in [1.54, 1.807) is 13.8 Å². The second-order valence-electron chi connectivity index (χ2n) is 6.06. The van der Waals surface area contributed by atoms with Crippen LogP contribution in [-0.4, -0.2) is 27.6 Å². The minimum atomic E-state index is -4.70. The van der Waals surface area contributed by atoms with Crippen LogP contribution in [0, 0.1) is 0 Å². The molecule has 0 saturated heterocycles. The zero-order valence-electron chi connectivity index (χ0n) is 13.4. The summed E-state index contributed by atoms with van der Waals surface area (Å²) in [6.07, 6.45) is -4.59. The number of nitrogens with zero attached hydrogens (tertiary/aromatic N) is 1. The van der Waals surface area contributed by atoms with E-state index in [9.17, 15) is 22.8 Å². The number of carbonyl (C=O) groups is 2. The standard InChI is InChI=1S/C15H16F3N3O4/c1-14(2,6-5-11(22)23)21-13(24)19-8-3-4-10-9(7-8)20-12(25-10)15(16,17)18/h3-4,7H,5-6H2,1-2H3,(H,22,23)(H2,19,21,24). The molecule has 0 radical (unpaired) electrons. The fourth-order valence-electron chi connectivity index (χ4n) is 2.08. The van der Waals surface area contributed by atoms with E-state index in [1.807, 2.05) is 0 Å². The Morgan fingerprint density at radius 1 is 1.28 bits per heavy atom. The van der Waals surface area contributed by atoms with Gasteiger partial charge in [0.05, 0.1) is 0 Å². The van der Waals surface area contributed by atoms with Gasteiger partial charge < -0.3 is 20.2 Å². The highest BCUT2D eigenvalue weighted by Crippen LogP contribution is 2.31. The van der Waals surface area contributed by atoms with Crippen molar-refractivity contribution >= 4 is 28.8 Å². The van der Waals surface area contributed by atoms with Crippen LogP contribution in [0.4, 0.5) is 23.7 Å². The molecule has 0 fully saturated rings. The van der Waals surface area contributed by atoms with E-state index in [4.69, 9.17) is 5.11 Å². The Hall–Kier alpha value is -2.78. The molecule has 0 atom stereocenters. The number of hydrogen-bond donors (Lipinski definition) is 3. The molecule has 3 N–H and O–H groups in total. The lowest BCUT2D eigenvalue weighted by Gasteiger charge is -2.25. The molecule has 2 aromatic rings. The highest BCUT2D eigenvalue weighted by Gasteiger charge is 2.37. The van der Waals surface area contributed by atoms with Crippen LogP contribution in [0.3, 0.4) is 0 Å². The fraction of sp³-hybridized carbons (Fsp3) is 0.400. The summed E-state index contributed by atoms with van der Waals surface area (Å²) < 4.78 is 42.3. The van der Waals surface area contributed by atoms with Crippen molar-refractivity contribution in [3.05, 3.63) is 24.1 Å². The average Bonchev–Trinajstić information content (AvgIpc) is 2.88. The van der Waals surface area contributed by atoms with Gasteiger partial charge in [-0.25, -0.2) is 9.78 Å². The Morgan fingerprint density at radius 3 is 2.56 bits per heavy atom. The van der Waals surface area contributed by atoms with Crippen LogP contribution in [0.15, 0.2) is 22.6 Å². The normalized spacial score (nSPS) is 12.2. The monoisotopic (exact) mass is 359 g/mol. The maximum Gasteiger partial charge on any atom is 0.468 e. The van der Waals surface area contributed by atoms with Crippen LogP contribution in [0.5, 0.6) is 0 Å². The molecule has 0 bridgehead atoms. The number of oxazole rings is 1. The molecule has 1 heterocycles. The van der Waals surface area contributed by atoms with E-state index >= 15 is 0 Å². The Balaban J connectivity index is 2.06. The molecule has 1 aromatic carbocycles. The van der Waals surface area contributed by atoms with Crippen molar-refractivity contribution in [2.45, 2.75) is 38.4 Å². The van der Waals surface area contributed by atoms with Gasteiger partial charge in [0.2, 0.25) is 0 Å². The quantitative estimate of drug-likeness (QED) is 0.756. The summed E-state index contributed by atoms with van der Waals surface area (Å²) >= 11 is 0. The number of carboxylic acid groups (broad SMARTS) is 1. The van der Waals surface area contributed by atoms with E-state index in [0.717, 1.165) is 0 Å². The molecule has 0 saturated carbocycles. The van der Waals surface area contributed by atoms with Gasteiger partial charge in [-0.15, -0.1) is 0 Å². The first-order chi connectivity index (χ1) is 11.5. The van der Waals surface area contributed by atoms with Gasteiger partial charge >= 0.3 is 24.1 Å². The summed E-state index contributed by atoms with van der Waals surface area (Å²) in [5.41, 5.74) is -0.652. The van der Waals surface area contributed by atoms with Gasteiger partial charge in [0.25, 0.3) is 0 Å². The SMILES string of the molecule is CC(C)(CCC(=O)O)NC(=O)Nc1ccc2oc(C(F)(F)F)nc2c1. The molecule has 1 aromatic heterocycles. The topological polar surface area (TPSA) is 104 Å². The molecule has 25 heavy (non-hydrogen) atoms. The highest BCUT2D eigenvalue weighted by molar-refractivity contribution is 5.92. The van der Waals surface area contributed by atoms with Gasteiger partial charge in [-0.2, -0.15) is 13.2 Å². The zero-order valence-corrected chi connectivity index (χ0v) is 13.4. The fourth-order valence-corrected chi connectivity index (χ4v) is 2.08. The molecular weight excluding hydrogens is 343 g/mol. The van der Waals surface area contributed by atoms with Crippen molar-refractivity contribution in [2.75, 3.05) is 5.32 Å². The molecule has 2 rings (SSSR count). The van der Waals surface area contributed by atoms with Gasteiger partial charge in [-0.05, 0) is 38.5 Å². The zero-order chi connectivity index (χ0) is 18.8. The van der Waals surface area contributed by atoms with Crippen LogP contribution in [0.25, 0.3) is 11.1 Å². The summed E-state index contributed by atoms with van der Waals surface area (Å²) in [6.45, 7) is 3.32. The van der Waals surface area contributed by atoms with Crippen molar-refractivity contribution in [3.63, 3.8) is 0 Å². The lowest BCUT2D eigenvalue weighted by Crippen LogP contribution is -2.45. The summed E-state index contributed by atoms with van der Waals surface area (Å²) in [7, 11) is 0. The summed E-state index contributed by atoms with van der Waals surface area (Å²) in [5.74, 6) is -2.34. The first-order valence-electron chi connectivity index (χ1n) is 7.25. The predicted molar refractivity (Wildman–Crippen MR) is 82.1 cm³/mol. The number of alkyl halides is 3. The maximum atomic E-state index is 12.6. The second-order valence-corrected chi connectivity index (χ2v) is 6.06. The van der Waals surface area contributed by atoms with Gasteiger partial charge in [-0.3, -0.25) is 4.79 Å². The number of fused-ring (bicyclic) bond motifs is 1. The molecular formula is C15H16F3N3O4. The third-order valence-corrected chi connectivity index (χ3v) is 3.30. The molecule has 0 aliphatic carbocycles. The lowest BCUT2D eigenvalue weighted by molar-refractivity contribution is -0.156. The summed E-state index contributed by atoms with van der Waals surface area (Å²) in [4.78, 5) is 25.9. The highest BCUT2D eigenvalue weighted by atomic mass is 19.4. The Labute approximate surface area is 140 Å². The van der Waals surface area contributed by atoms with Crippen LogP contribution in [-0.2, 0) is 11.0 Å². The van der Waals surface area contributed by atoms with Crippen LogP contribution < -0.4 is 10.6 Å². The Bertz CT molecular complexity index is 799.